The molecule has 1 N–H and O–H groups in total. The first kappa shape index (κ1) is 13.3. The van der Waals surface area contributed by atoms with Crippen LogP contribution >= 0.6 is 0 Å². The van der Waals surface area contributed by atoms with Crippen LogP contribution in [0, 0.1) is 5.92 Å². The van der Waals surface area contributed by atoms with E-state index in [1.54, 1.807) is 17.0 Å². The Morgan fingerprint density at radius 2 is 2.00 bits per heavy atom. The number of aliphatic hydroxyl groups excluding tert-OH is 1. The largest absolute Gasteiger partial charge is 0.391 e. The minimum Gasteiger partial charge on any atom is -0.391 e. The van der Waals surface area contributed by atoms with Gasteiger partial charge in [0.05, 0.1) is 29.9 Å². The van der Waals surface area contributed by atoms with Crippen LogP contribution < -0.4 is 5.56 Å². The van der Waals surface area contributed by atoms with Gasteiger partial charge in [-0.3, -0.25) is 9.36 Å². The van der Waals surface area contributed by atoms with Gasteiger partial charge in [-0.15, -0.1) is 0 Å². The molecule has 3 rings (SSSR count). The Labute approximate surface area is 118 Å². The summed E-state index contributed by atoms with van der Waals surface area (Å²) >= 11 is 0. The molecule has 0 amide bonds. The summed E-state index contributed by atoms with van der Waals surface area (Å²) in [5, 5.41) is 11.0. The van der Waals surface area contributed by atoms with Gasteiger partial charge < -0.3 is 5.11 Å². The molecule has 1 aromatic carbocycles. The lowest BCUT2D eigenvalue weighted by Crippen LogP contribution is -2.32. The lowest BCUT2D eigenvalue weighted by Gasteiger charge is -2.26. The predicted octanol–water partition coefficient (Wildman–Crippen LogP) is 2.34. The molecule has 4 heteroatoms. The summed E-state index contributed by atoms with van der Waals surface area (Å²) in [4.78, 5) is 16.7. The van der Waals surface area contributed by atoms with Crippen molar-refractivity contribution >= 4 is 10.9 Å². The number of benzene rings is 1. The Balaban J connectivity index is 1.83. The fraction of sp³-hybridized carbons (Fsp3) is 0.500. The van der Waals surface area contributed by atoms with Gasteiger partial charge >= 0.3 is 0 Å². The molecular weight excluding hydrogens is 252 g/mol. The lowest BCUT2D eigenvalue weighted by molar-refractivity contribution is 0.0686. The molecule has 1 aliphatic rings. The number of aliphatic hydroxyl groups is 1. The maximum absolute atomic E-state index is 12.4. The van der Waals surface area contributed by atoms with E-state index in [1.807, 2.05) is 18.2 Å². The van der Waals surface area contributed by atoms with E-state index in [4.69, 9.17) is 0 Å². The van der Waals surface area contributed by atoms with E-state index in [9.17, 15) is 9.90 Å². The zero-order chi connectivity index (χ0) is 13.9. The molecule has 1 heterocycles. The summed E-state index contributed by atoms with van der Waals surface area (Å²) in [5.74, 6) is 0.321. The zero-order valence-electron chi connectivity index (χ0n) is 11.5. The molecule has 0 aliphatic heterocycles. The van der Waals surface area contributed by atoms with E-state index >= 15 is 0 Å². The van der Waals surface area contributed by atoms with E-state index < -0.39 is 6.10 Å². The number of aromatic nitrogens is 2. The van der Waals surface area contributed by atoms with E-state index in [1.165, 1.54) is 19.3 Å². The maximum Gasteiger partial charge on any atom is 0.261 e. The fourth-order valence-corrected chi connectivity index (χ4v) is 3.11. The van der Waals surface area contributed by atoms with Crippen LogP contribution in [0.25, 0.3) is 10.9 Å². The second-order valence-electron chi connectivity index (χ2n) is 5.68. The quantitative estimate of drug-likeness (QED) is 0.933. The van der Waals surface area contributed by atoms with Gasteiger partial charge in [0.15, 0.2) is 0 Å². The van der Waals surface area contributed by atoms with Gasteiger partial charge in [-0.1, -0.05) is 31.4 Å². The molecule has 1 fully saturated rings. The number of para-hydroxylation sites is 1. The molecule has 1 aromatic heterocycles. The Morgan fingerprint density at radius 3 is 2.80 bits per heavy atom. The van der Waals surface area contributed by atoms with Gasteiger partial charge in [-0.2, -0.15) is 0 Å². The average molecular weight is 272 g/mol. The Morgan fingerprint density at radius 1 is 1.25 bits per heavy atom. The van der Waals surface area contributed by atoms with Crippen molar-refractivity contribution in [2.75, 3.05) is 0 Å². The van der Waals surface area contributed by atoms with E-state index in [-0.39, 0.29) is 5.56 Å². The highest BCUT2D eigenvalue weighted by Gasteiger charge is 2.22. The molecule has 0 radical (unpaired) electrons. The molecule has 0 saturated heterocycles. The average Bonchev–Trinajstić information content (AvgIpc) is 2.51. The topological polar surface area (TPSA) is 55.1 Å². The molecule has 1 unspecified atom stereocenters. The molecule has 1 atom stereocenters. The van der Waals surface area contributed by atoms with E-state index in [0.717, 1.165) is 12.8 Å². The van der Waals surface area contributed by atoms with Gasteiger partial charge in [0, 0.05) is 0 Å². The van der Waals surface area contributed by atoms with Crippen LogP contribution in [-0.4, -0.2) is 20.8 Å². The standard InChI is InChI=1S/C16H20N2O2/c19-15(12-6-2-1-3-7-12)10-18-11-17-14-9-5-4-8-13(14)16(18)20/h4-5,8-9,11-12,15,19H,1-3,6-7,10H2. The highest BCUT2D eigenvalue weighted by Crippen LogP contribution is 2.26. The second-order valence-corrected chi connectivity index (χ2v) is 5.68. The molecule has 0 spiro atoms. The third kappa shape index (κ3) is 2.61. The minimum absolute atomic E-state index is 0.0644. The van der Waals surface area contributed by atoms with Crippen molar-refractivity contribution < 1.29 is 5.11 Å². The first-order valence-corrected chi connectivity index (χ1v) is 7.38. The number of hydrogen-bond donors (Lipinski definition) is 1. The van der Waals surface area contributed by atoms with Crippen LogP contribution in [0.2, 0.25) is 0 Å². The molecule has 1 saturated carbocycles. The summed E-state index contributed by atoms with van der Waals surface area (Å²) in [6.07, 6.45) is 6.88. The summed E-state index contributed by atoms with van der Waals surface area (Å²) in [6, 6.07) is 7.33. The third-order valence-corrected chi connectivity index (χ3v) is 4.31. The molecular formula is C16H20N2O2. The first-order valence-electron chi connectivity index (χ1n) is 7.38. The highest BCUT2D eigenvalue weighted by molar-refractivity contribution is 5.76. The Kier molecular flexibility index (Phi) is 3.83. The molecule has 0 bridgehead atoms. The van der Waals surface area contributed by atoms with Crippen molar-refractivity contribution in [2.24, 2.45) is 5.92 Å². The van der Waals surface area contributed by atoms with Crippen LogP contribution in [0.1, 0.15) is 32.1 Å². The van der Waals surface area contributed by atoms with Crippen LogP contribution in [0.5, 0.6) is 0 Å². The molecule has 1 aliphatic carbocycles. The lowest BCUT2D eigenvalue weighted by atomic mass is 9.85. The minimum atomic E-state index is -0.448. The van der Waals surface area contributed by atoms with Crippen LogP contribution in [-0.2, 0) is 6.54 Å². The number of hydrogen-bond acceptors (Lipinski definition) is 3. The van der Waals surface area contributed by atoms with E-state index in [0.29, 0.717) is 23.4 Å². The Hall–Kier alpha value is -1.68. The van der Waals surface area contributed by atoms with Crippen molar-refractivity contribution in [3.63, 3.8) is 0 Å². The second kappa shape index (κ2) is 5.75. The van der Waals surface area contributed by atoms with Gasteiger partial charge in [0.2, 0.25) is 0 Å². The van der Waals surface area contributed by atoms with Crippen LogP contribution in [0.15, 0.2) is 35.4 Å². The van der Waals surface area contributed by atoms with Gasteiger partial charge in [0.25, 0.3) is 5.56 Å². The van der Waals surface area contributed by atoms with Crippen molar-refractivity contribution in [3.05, 3.63) is 40.9 Å². The summed E-state index contributed by atoms with van der Waals surface area (Å²) in [5.41, 5.74) is 0.645. The van der Waals surface area contributed by atoms with E-state index in [2.05, 4.69) is 4.98 Å². The van der Waals surface area contributed by atoms with Gasteiger partial charge in [-0.25, -0.2) is 4.98 Å². The summed E-state index contributed by atoms with van der Waals surface area (Å²) < 4.78 is 1.54. The smallest absolute Gasteiger partial charge is 0.261 e. The maximum atomic E-state index is 12.4. The number of rotatable bonds is 3. The highest BCUT2D eigenvalue weighted by atomic mass is 16.3. The van der Waals surface area contributed by atoms with Crippen LogP contribution in [0.4, 0.5) is 0 Å². The Bertz CT molecular complexity index is 644. The predicted molar refractivity (Wildman–Crippen MR) is 78.6 cm³/mol. The number of nitrogens with zero attached hydrogens (tertiary/aromatic N) is 2. The normalized spacial score (nSPS) is 18.2. The van der Waals surface area contributed by atoms with Crippen molar-refractivity contribution in [2.45, 2.75) is 44.8 Å². The van der Waals surface area contributed by atoms with Gasteiger partial charge in [-0.05, 0) is 30.9 Å². The van der Waals surface area contributed by atoms with Crippen molar-refractivity contribution in [3.8, 4) is 0 Å². The van der Waals surface area contributed by atoms with Crippen molar-refractivity contribution in [1.82, 2.24) is 9.55 Å². The summed E-state index contributed by atoms with van der Waals surface area (Å²) in [6.45, 7) is 0.349. The third-order valence-electron chi connectivity index (χ3n) is 4.31. The van der Waals surface area contributed by atoms with Crippen molar-refractivity contribution in [1.29, 1.82) is 0 Å². The van der Waals surface area contributed by atoms with Crippen LogP contribution in [0.3, 0.4) is 0 Å². The monoisotopic (exact) mass is 272 g/mol. The summed E-state index contributed by atoms with van der Waals surface area (Å²) in [7, 11) is 0. The van der Waals surface area contributed by atoms with Gasteiger partial charge in [0.1, 0.15) is 0 Å². The fourth-order valence-electron chi connectivity index (χ4n) is 3.11. The molecule has 20 heavy (non-hydrogen) atoms. The number of fused-ring (bicyclic) bond motifs is 1. The zero-order valence-corrected chi connectivity index (χ0v) is 11.5. The molecule has 106 valence electrons. The SMILES string of the molecule is O=c1c2ccccc2ncn1CC(O)C1CCCCC1. The molecule has 4 nitrogen and oxygen atoms in total. The first-order chi connectivity index (χ1) is 9.75. The molecule has 2 aromatic rings.